The van der Waals surface area contributed by atoms with Gasteiger partial charge in [0.25, 0.3) is 5.56 Å². The van der Waals surface area contributed by atoms with Crippen LogP contribution in [0.15, 0.2) is 15.5 Å². The van der Waals surface area contributed by atoms with E-state index in [4.69, 9.17) is 6.42 Å². The number of hydrogen-bond donors (Lipinski definition) is 1. The molecule has 1 fully saturated rings. The molecule has 1 aliphatic carbocycles. The van der Waals surface area contributed by atoms with Gasteiger partial charge in [0, 0.05) is 6.04 Å². The van der Waals surface area contributed by atoms with E-state index in [1.807, 2.05) is 0 Å². The van der Waals surface area contributed by atoms with Gasteiger partial charge in [-0.15, -0.1) is 6.42 Å². The Bertz CT molecular complexity index is 571. The van der Waals surface area contributed by atoms with Crippen LogP contribution in [0, 0.1) is 17.8 Å². The predicted molar refractivity (Wildman–Crippen MR) is 80.1 cm³/mol. The fourth-order valence-electron chi connectivity index (χ4n) is 2.55. The number of anilines is 1. The van der Waals surface area contributed by atoms with Gasteiger partial charge in [0.15, 0.2) is 0 Å². The smallest absolute Gasteiger partial charge is 0.284 e. The van der Waals surface area contributed by atoms with Crippen molar-refractivity contribution in [2.75, 3.05) is 5.32 Å². The maximum Gasteiger partial charge on any atom is 0.284 e. The minimum atomic E-state index is -0.196. The Labute approximate surface area is 121 Å². The van der Waals surface area contributed by atoms with Crippen molar-refractivity contribution in [2.24, 2.45) is 5.41 Å². The van der Waals surface area contributed by atoms with Crippen molar-refractivity contribution in [3.05, 3.63) is 21.0 Å². The van der Waals surface area contributed by atoms with Crippen molar-refractivity contribution in [3.63, 3.8) is 0 Å². The van der Waals surface area contributed by atoms with Gasteiger partial charge in [0.1, 0.15) is 11.0 Å². The number of halogens is 1. The van der Waals surface area contributed by atoms with E-state index < -0.39 is 0 Å². The van der Waals surface area contributed by atoms with Gasteiger partial charge in [0.05, 0.1) is 11.9 Å². The summed E-state index contributed by atoms with van der Waals surface area (Å²) in [7, 11) is 0. The van der Waals surface area contributed by atoms with Gasteiger partial charge >= 0.3 is 0 Å². The maximum absolute atomic E-state index is 12.0. The average Bonchev–Trinajstić information content (AvgIpc) is 2.68. The van der Waals surface area contributed by atoms with Gasteiger partial charge < -0.3 is 5.32 Å². The molecule has 2 rings (SSSR count). The lowest BCUT2D eigenvalue weighted by molar-refractivity contribution is 0.349. The Hall–Kier alpha value is -1.28. The van der Waals surface area contributed by atoms with Gasteiger partial charge in [-0.25, -0.2) is 4.68 Å². The lowest BCUT2D eigenvalue weighted by atomic mass is 9.87. The molecule has 0 aromatic carbocycles. The molecule has 1 aromatic heterocycles. The molecule has 0 radical (unpaired) electrons. The van der Waals surface area contributed by atoms with E-state index in [0.29, 0.717) is 10.5 Å². The lowest BCUT2D eigenvalue weighted by Crippen LogP contribution is -2.32. The van der Waals surface area contributed by atoms with Gasteiger partial charge in [-0.05, 0) is 34.2 Å². The molecule has 19 heavy (non-hydrogen) atoms. The second-order valence-corrected chi connectivity index (χ2v) is 6.41. The van der Waals surface area contributed by atoms with E-state index in [2.05, 4.69) is 46.1 Å². The van der Waals surface area contributed by atoms with Crippen molar-refractivity contribution < 1.29 is 0 Å². The monoisotopic (exact) mass is 323 g/mol. The molecule has 1 unspecified atom stereocenters. The Kier molecular flexibility index (Phi) is 4.00. The molecular formula is C14H18BrN3O. The zero-order valence-corrected chi connectivity index (χ0v) is 12.8. The molecule has 1 aliphatic rings. The molecule has 0 spiro atoms. The minimum Gasteiger partial charge on any atom is -0.379 e. The molecule has 1 saturated carbocycles. The molecule has 4 nitrogen and oxygen atoms in total. The Morgan fingerprint density at radius 3 is 3.00 bits per heavy atom. The molecule has 1 heterocycles. The highest BCUT2D eigenvalue weighted by Crippen LogP contribution is 2.39. The van der Waals surface area contributed by atoms with Crippen LogP contribution in [0.1, 0.15) is 33.1 Å². The summed E-state index contributed by atoms with van der Waals surface area (Å²) in [4.78, 5) is 12.0. The SMILES string of the molecule is C#CCn1ncc(NC2CCCC2(C)C)c(Br)c1=O. The van der Waals surface area contributed by atoms with E-state index in [0.717, 1.165) is 12.1 Å². The normalized spacial score (nSPS) is 21.1. The van der Waals surface area contributed by atoms with Crippen molar-refractivity contribution in [3.8, 4) is 12.3 Å². The number of nitrogens with zero attached hydrogens (tertiary/aromatic N) is 2. The summed E-state index contributed by atoms with van der Waals surface area (Å²) in [5, 5.41) is 7.52. The maximum atomic E-state index is 12.0. The second-order valence-electron chi connectivity index (χ2n) is 5.62. The summed E-state index contributed by atoms with van der Waals surface area (Å²) >= 11 is 3.34. The number of terminal acetylenes is 1. The Morgan fingerprint density at radius 2 is 2.42 bits per heavy atom. The first kappa shape index (κ1) is 14.1. The zero-order chi connectivity index (χ0) is 14.0. The standard InChI is InChI=1S/C14H18BrN3O/c1-4-8-18-13(19)12(15)10(9-16-18)17-11-6-5-7-14(11,2)3/h1,9,11,17H,5-8H2,2-3H3. The van der Waals surface area contributed by atoms with Crippen LogP contribution in [0.4, 0.5) is 5.69 Å². The fraction of sp³-hybridized carbons (Fsp3) is 0.571. The predicted octanol–water partition coefficient (Wildman–Crippen LogP) is 2.63. The van der Waals surface area contributed by atoms with E-state index in [9.17, 15) is 4.79 Å². The van der Waals surface area contributed by atoms with Gasteiger partial charge in [0.2, 0.25) is 0 Å². The van der Waals surface area contributed by atoms with Crippen LogP contribution in [0.2, 0.25) is 0 Å². The Balaban J connectivity index is 2.25. The summed E-state index contributed by atoms with van der Waals surface area (Å²) in [5.41, 5.74) is 0.796. The van der Waals surface area contributed by atoms with Crippen LogP contribution < -0.4 is 10.9 Å². The van der Waals surface area contributed by atoms with Gasteiger partial charge in [-0.1, -0.05) is 26.2 Å². The van der Waals surface area contributed by atoms with Crippen LogP contribution >= 0.6 is 15.9 Å². The summed E-state index contributed by atoms with van der Waals surface area (Å²) in [5.74, 6) is 2.42. The van der Waals surface area contributed by atoms with Gasteiger partial charge in [-0.2, -0.15) is 5.10 Å². The van der Waals surface area contributed by atoms with Crippen molar-refractivity contribution in [2.45, 2.75) is 45.7 Å². The van der Waals surface area contributed by atoms with Crippen LogP contribution in [0.25, 0.3) is 0 Å². The summed E-state index contributed by atoms with van der Waals surface area (Å²) in [6.45, 7) is 4.68. The molecule has 0 aliphatic heterocycles. The molecule has 1 atom stereocenters. The molecule has 0 saturated heterocycles. The number of aromatic nitrogens is 2. The molecular weight excluding hydrogens is 306 g/mol. The largest absolute Gasteiger partial charge is 0.379 e. The van der Waals surface area contributed by atoms with Crippen molar-refractivity contribution in [1.82, 2.24) is 9.78 Å². The molecule has 0 bridgehead atoms. The fourth-order valence-corrected chi connectivity index (χ4v) is 2.97. The van der Waals surface area contributed by atoms with Crippen LogP contribution in [-0.2, 0) is 6.54 Å². The van der Waals surface area contributed by atoms with Crippen LogP contribution in [-0.4, -0.2) is 15.8 Å². The minimum absolute atomic E-state index is 0.187. The van der Waals surface area contributed by atoms with E-state index in [1.54, 1.807) is 6.20 Å². The topological polar surface area (TPSA) is 46.9 Å². The molecule has 0 amide bonds. The van der Waals surface area contributed by atoms with Crippen LogP contribution in [0.5, 0.6) is 0 Å². The second kappa shape index (κ2) is 5.38. The third-order valence-electron chi connectivity index (χ3n) is 3.81. The number of nitrogens with one attached hydrogen (secondary N) is 1. The number of hydrogen-bond acceptors (Lipinski definition) is 3. The first-order valence-corrected chi connectivity index (χ1v) is 7.20. The highest BCUT2D eigenvalue weighted by atomic mass is 79.9. The van der Waals surface area contributed by atoms with Gasteiger partial charge in [-0.3, -0.25) is 4.79 Å². The third-order valence-corrected chi connectivity index (χ3v) is 4.58. The molecule has 5 heteroatoms. The molecule has 102 valence electrons. The van der Waals surface area contributed by atoms with E-state index in [-0.39, 0.29) is 17.5 Å². The quantitative estimate of drug-likeness (QED) is 0.870. The number of rotatable bonds is 3. The third kappa shape index (κ3) is 2.84. The average molecular weight is 324 g/mol. The summed E-state index contributed by atoms with van der Waals surface area (Å²) in [6, 6.07) is 0.369. The summed E-state index contributed by atoms with van der Waals surface area (Å²) in [6.07, 6.45) is 10.4. The van der Waals surface area contributed by atoms with E-state index >= 15 is 0 Å². The first-order chi connectivity index (χ1) is 8.95. The lowest BCUT2D eigenvalue weighted by Gasteiger charge is -2.28. The van der Waals surface area contributed by atoms with E-state index in [1.165, 1.54) is 17.5 Å². The Morgan fingerprint density at radius 1 is 1.68 bits per heavy atom. The van der Waals surface area contributed by atoms with Crippen molar-refractivity contribution >= 4 is 21.6 Å². The molecule has 1 aromatic rings. The summed E-state index contributed by atoms with van der Waals surface area (Å²) < 4.78 is 1.77. The molecule has 1 N–H and O–H groups in total. The highest BCUT2D eigenvalue weighted by Gasteiger charge is 2.34. The first-order valence-electron chi connectivity index (χ1n) is 6.41. The van der Waals surface area contributed by atoms with Crippen molar-refractivity contribution in [1.29, 1.82) is 0 Å². The zero-order valence-electron chi connectivity index (χ0n) is 11.2. The van der Waals surface area contributed by atoms with Crippen LogP contribution in [0.3, 0.4) is 0 Å². The highest BCUT2D eigenvalue weighted by molar-refractivity contribution is 9.10.